The molecule has 2 aromatic carbocycles. The summed E-state index contributed by atoms with van der Waals surface area (Å²) in [6.07, 6.45) is 3.54. The molecule has 0 fully saturated rings. The summed E-state index contributed by atoms with van der Waals surface area (Å²) in [4.78, 5) is 40.8. The number of amides is 1. The number of rotatable bonds is 6. The van der Waals surface area contributed by atoms with Crippen LogP contribution in [0.1, 0.15) is 40.0 Å². The largest absolute Gasteiger partial charge is 0.490 e. The molecule has 4 rings (SSSR count). The molecule has 1 aliphatic rings. The van der Waals surface area contributed by atoms with Gasteiger partial charge in [0.15, 0.2) is 12.4 Å². The van der Waals surface area contributed by atoms with Gasteiger partial charge in [-0.25, -0.2) is 4.79 Å². The number of hydrogen-bond acceptors (Lipinski definition) is 7. The fourth-order valence-electron chi connectivity index (χ4n) is 4.11. The lowest BCUT2D eigenvalue weighted by atomic mass is 9.90. The first-order chi connectivity index (χ1) is 15.9. The third-order valence-electron chi connectivity index (χ3n) is 5.70. The number of nitro benzene ring substituents is 1. The monoisotopic (exact) mass is 449 g/mol. The third kappa shape index (κ3) is 4.48. The normalized spacial score (nSPS) is 12.7. The molecule has 1 N–H and O–H groups in total. The van der Waals surface area contributed by atoms with Crippen LogP contribution in [-0.2, 0) is 22.4 Å². The van der Waals surface area contributed by atoms with Crippen LogP contribution in [0.3, 0.4) is 0 Å². The maximum atomic E-state index is 13.0. The number of aromatic nitrogens is 1. The van der Waals surface area contributed by atoms with Crippen molar-refractivity contribution in [2.75, 3.05) is 19.0 Å². The average Bonchev–Trinajstić information content (AvgIpc) is 2.81. The van der Waals surface area contributed by atoms with Crippen LogP contribution < -0.4 is 10.1 Å². The van der Waals surface area contributed by atoms with Crippen molar-refractivity contribution in [2.45, 2.75) is 32.6 Å². The van der Waals surface area contributed by atoms with Crippen molar-refractivity contribution in [3.63, 3.8) is 0 Å². The molecule has 9 heteroatoms. The Labute approximate surface area is 189 Å². The van der Waals surface area contributed by atoms with Crippen molar-refractivity contribution in [2.24, 2.45) is 0 Å². The van der Waals surface area contributed by atoms with E-state index in [1.807, 2.05) is 24.3 Å². The van der Waals surface area contributed by atoms with Gasteiger partial charge >= 0.3 is 11.7 Å². The van der Waals surface area contributed by atoms with Crippen LogP contribution >= 0.6 is 0 Å². The summed E-state index contributed by atoms with van der Waals surface area (Å²) in [5.41, 5.74) is 3.61. The molecule has 0 saturated heterocycles. The number of methoxy groups -OCH3 is 1. The molecule has 0 spiro atoms. The van der Waals surface area contributed by atoms with E-state index in [0.717, 1.165) is 42.5 Å². The van der Waals surface area contributed by atoms with Crippen LogP contribution in [0, 0.1) is 17.0 Å². The van der Waals surface area contributed by atoms with E-state index in [9.17, 15) is 19.7 Å². The average molecular weight is 449 g/mol. The second kappa shape index (κ2) is 9.23. The zero-order chi connectivity index (χ0) is 23.5. The number of para-hydroxylation sites is 1. The van der Waals surface area contributed by atoms with Gasteiger partial charge in [0.05, 0.1) is 23.1 Å². The molecule has 0 atom stereocenters. The summed E-state index contributed by atoms with van der Waals surface area (Å²) >= 11 is 0. The summed E-state index contributed by atoms with van der Waals surface area (Å²) in [7, 11) is 1.31. The highest BCUT2D eigenvalue weighted by Gasteiger charge is 2.24. The second-order valence-corrected chi connectivity index (χ2v) is 7.86. The zero-order valence-corrected chi connectivity index (χ0v) is 18.3. The van der Waals surface area contributed by atoms with Crippen molar-refractivity contribution in [1.29, 1.82) is 0 Å². The number of nitrogens with zero attached hydrogens (tertiary/aromatic N) is 2. The van der Waals surface area contributed by atoms with Gasteiger partial charge in [-0.15, -0.1) is 0 Å². The molecule has 0 radical (unpaired) electrons. The number of fused-ring (bicyclic) bond motifs is 2. The highest BCUT2D eigenvalue weighted by molar-refractivity contribution is 6.06. The fraction of sp³-hybridized carbons (Fsp3) is 0.292. The van der Waals surface area contributed by atoms with Crippen LogP contribution in [0.25, 0.3) is 10.9 Å². The minimum Gasteiger partial charge on any atom is -0.490 e. The fourth-order valence-corrected chi connectivity index (χ4v) is 4.11. The van der Waals surface area contributed by atoms with Gasteiger partial charge in [0.1, 0.15) is 0 Å². The van der Waals surface area contributed by atoms with Crippen molar-refractivity contribution in [3.05, 3.63) is 68.9 Å². The predicted molar refractivity (Wildman–Crippen MR) is 122 cm³/mol. The number of anilines is 1. The van der Waals surface area contributed by atoms with Crippen LogP contribution in [0.2, 0.25) is 0 Å². The van der Waals surface area contributed by atoms with Gasteiger partial charge in [-0.05, 0) is 49.8 Å². The number of benzene rings is 2. The molecule has 0 aliphatic heterocycles. The number of carbonyl (C=O) groups excluding carboxylic acids is 2. The number of esters is 1. The minimum atomic E-state index is -0.570. The molecule has 1 aromatic heterocycles. The Morgan fingerprint density at radius 3 is 2.70 bits per heavy atom. The van der Waals surface area contributed by atoms with Gasteiger partial charge in [0.2, 0.25) is 0 Å². The van der Waals surface area contributed by atoms with E-state index in [1.165, 1.54) is 19.2 Å². The number of pyridine rings is 1. The van der Waals surface area contributed by atoms with Gasteiger partial charge in [-0.1, -0.05) is 18.2 Å². The van der Waals surface area contributed by atoms with Crippen LogP contribution in [0.15, 0.2) is 36.4 Å². The molecule has 170 valence electrons. The minimum absolute atomic E-state index is 0.0211. The molecule has 33 heavy (non-hydrogen) atoms. The number of hydrogen-bond donors (Lipinski definition) is 1. The Hall–Kier alpha value is -4.01. The van der Waals surface area contributed by atoms with Crippen LogP contribution in [0.4, 0.5) is 11.4 Å². The molecular formula is C24H23N3O6. The summed E-state index contributed by atoms with van der Waals surface area (Å²) in [6.45, 7) is 1.13. The smallest absolute Gasteiger partial charge is 0.339 e. The Morgan fingerprint density at radius 2 is 1.94 bits per heavy atom. The van der Waals surface area contributed by atoms with E-state index < -0.39 is 23.4 Å². The van der Waals surface area contributed by atoms with E-state index >= 15 is 0 Å². The highest BCUT2D eigenvalue weighted by Crippen LogP contribution is 2.33. The third-order valence-corrected chi connectivity index (χ3v) is 5.70. The zero-order valence-electron chi connectivity index (χ0n) is 18.3. The Balaban J connectivity index is 1.53. The number of ether oxygens (including phenoxy) is 2. The molecule has 9 nitrogen and oxygen atoms in total. The molecule has 0 saturated carbocycles. The Kier molecular flexibility index (Phi) is 6.21. The predicted octanol–water partition coefficient (Wildman–Crippen LogP) is 4.13. The van der Waals surface area contributed by atoms with Gasteiger partial charge in [0, 0.05) is 28.9 Å². The molecular weight excluding hydrogens is 426 g/mol. The summed E-state index contributed by atoms with van der Waals surface area (Å²) < 4.78 is 10.4. The van der Waals surface area contributed by atoms with Gasteiger partial charge in [-0.3, -0.25) is 19.9 Å². The topological polar surface area (TPSA) is 121 Å². The van der Waals surface area contributed by atoms with Gasteiger partial charge < -0.3 is 14.8 Å². The molecule has 1 amide bonds. The van der Waals surface area contributed by atoms with Crippen LogP contribution in [0.5, 0.6) is 5.75 Å². The van der Waals surface area contributed by atoms with Crippen LogP contribution in [-0.4, -0.2) is 35.5 Å². The first-order valence-corrected chi connectivity index (χ1v) is 10.6. The van der Waals surface area contributed by atoms with E-state index in [-0.39, 0.29) is 11.4 Å². The standard InChI is InChI=1S/C24H23N3O6/c1-14-11-20(27(30)31)21(32-2)12-19(14)26-22(28)13-33-24(29)23-15-7-3-5-9-17(15)25-18-10-6-4-8-16(18)23/h3,5,7,9,11-12H,4,6,8,10,13H2,1-2H3,(H,26,28). The quantitative estimate of drug-likeness (QED) is 0.341. The first kappa shape index (κ1) is 22.2. The molecule has 0 bridgehead atoms. The van der Waals surface area contributed by atoms with Crippen molar-refractivity contribution >= 4 is 34.2 Å². The van der Waals surface area contributed by atoms with Gasteiger partial charge in [0.25, 0.3) is 5.91 Å². The Morgan fingerprint density at radius 1 is 1.18 bits per heavy atom. The SMILES string of the molecule is COc1cc(NC(=O)COC(=O)c2c3c(nc4ccccc24)CCCC3)c(C)cc1[N+](=O)[O-]. The first-order valence-electron chi connectivity index (χ1n) is 10.6. The molecule has 3 aromatic rings. The lowest BCUT2D eigenvalue weighted by Crippen LogP contribution is -2.23. The lowest BCUT2D eigenvalue weighted by Gasteiger charge is -2.20. The highest BCUT2D eigenvalue weighted by atomic mass is 16.6. The second-order valence-electron chi connectivity index (χ2n) is 7.86. The number of aryl methyl sites for hydroxylation is 2. The number of nitro groups is 1. The number of carbonyl (C=O) groups is 2. The maximum Gasteiger partial charge on any atom is 0.339 e. The summed E-state index contributed by atoms with van der Waals surface area (Å²) in [5.74, 6) is -1.11. The molecule has 1 heterocycles. The van der Waals surface area contributed by atoms with E-state index in [1.54, 1.807) is 6.92 Å². The van der Waals surface area contributed by atoms with E-state index in [4.69, 9.17) is 14.5 Å². The lowest BCUT2D eigenvalue weighted by molar-refractivity contribution is -0.385. The maximum absolute atomic E-state index is 13.0. The van der Waals surface area contributed by atoms with E-state index in [0.29, 0.717) is 22.2 Å². The molecule has 0 unspecified atom stereocenters. The van der Waals surface area contributed by atoms with Crippen molar-refractivity contribution < 1.29 is 24.0 Å². The summed E-state index contributed by atoms with van der Waals surface area (Å²) in [6, 6.07) is 10.1. The molecule has 1 aliphatic carbocycles. The van der Waals surface area contributed by atoms with E-state index in [2.05, 4.69) is 5.32 Å². The summed E-state index contributed by atoms with van der Waals surface area (Å²) in [5, 5.41) is 14.5. The van der Waals surface area contributed by atoms with Crippen molar-refractivity contribution in [1.82, 2.24) is 4.98 Å². The van der Waals surface area contributed by atoms with Crippen molar-refractivity contribution in [3.8, 4) is 5.75 Å². The number of nitrogens with one attached hydrogen (secondary N) is 1. The Bertz CT molecular complexity index is 1270. The van der Waals surface area contributed by atoms with Gasteiger partial charge in [-0.2, -0.15) is 0 Å².